The van der Waals surface area contributed by atoms with E-state index in [-0.39, 0.29) is 11.1 Å². The minimum atomic E-state index is -0.680. The van der Waals surface area contributed by atoms with Crippen LogP contribution >= 0.6 is 0 Å². The smallest absolute Gasteiger partial charge is 0.266 e. The van der Waals surface area contributed by atoms with Crippen LogP contribution in [0.25, 0.3) is 28.7 Å². The normalized spacial score (nSPS) is 11.3. The van der Waals surface area contributed by atoms with Gasteiger partial charge < -0.3 is 0 Å². The molecule has 4 rings (SSSR count). The number of fused-ring (bicyclic) bond motifs is 1. The van der Waals surface area contributed by atoms with E-state index < -0.39 is 11.6 Å². The number of aromatic nitrogens is 2. The zero-order valence-corrected chi connectivity index (χ0v) is 14.1. The van der Waals surface area contributed by atoms with Crippen molar-refractivity contribution in [3.63, 3.8) is 0 Å². The topological polar surface area (TPSA) is 34.9 Å². The molecule has 27 heavy (non-hydrogen) atoms. The van der Waals surface area contributed by atoms with Crippen molar-refractivity contribution in [1.29, 1.82) is 0 Å². The molecule has 0 spiro atoms. The van der Waals surface area contributed by atoms with Crippen molar-refractivity contribution in [2.75, 3.05) is 0 Å². The van der Waals surface area contributed by atoms with Crippen molar-refractivity contribution in [3.8, 4) is 5.69 Å². The lowest BCUT2D eigenvalue weighted by molar-refractivity contribution is 0.581. The second kappa shape index (κ2) is 6.96. The van der Waals surface area contributed by atoms with Gasteiger partial charge in [0.2, 0.25) is 0 Å². The molecule has 0 N–H and O–H groups in total. The molecule has 0 aliphatic carbocycles. The summed E-state index contributed by atoms with van der Waals surface area (Å²) in [5.74, 6) is -0.969. The molecule has 0 saturated heterocycles. The van der Waals surface area contributed by atoms with Gasteiger partial charge in [-0.2, -0.15) is 0 Å². The summed E-state index contributed by atoms with van der Waals surface area (Å²) in [5, 5.41) is 0.492. The Hall–Kier alpha value is -3.60. The SMILES string of the molecule is O=c1c2ccccc2nc(/C=C/c2ccc(F)cc2F)n1-c1ccccc1. The summed E-state index contributed by atoms with van der Waals surface area (Å²) in [7, 11) is 0. The van der Waals surface area contributed by atoms with Gasteiger partial charge in [0.05, 0.1) is 16.6 Å². The van der Waals surface area contributed by atoms with Crippen LogP contribution < -0.4 is 5.56 Å². The Morgan fingerprint density at radius 3 is 2.37 bits per heavy atom. The first-order chi connectivity index (χ1) is 13.1. The summed E-state index contributed by atoms with van der Waals surface area (Å²) in [5.41, 5.74) is 1.19. The average Bonchev–Trinajstić information content (AvgIpc) is 2.68. The van der Waals surface area contributed by atoms with Crippen molar-refractivity contribution >= 4 is 23.1 Å². The van der Waals surface area contributed by atoms with E-state index in [2.05, 4.69) is 4.98 Å². The Labute approximate surface area is 153 Å². The van der Waals surface area contributed by atoms with Crippen LogP contribution in [0.4, 0.5) is 8.78 Å². The molecule has 3 nitrogen and oxygen atoms in total. The van der Waals surface area contributed by atoms with Crippen LogP contribution in [0.2, 0.25) is 0 Å². The maximum atomic E-state index is 13.9. The number of rotatable bonds is 3. The first-order valence-electron chi connectivity index (χ1n) is 8.34. The molecule has 1 aromatic heterocycles. The minimum Gasteiger partial charge on any atom is -0.268 e. The zero-order valence-electron chi connectivity index (χ0n) is 14.1. The Morgan fingerprint density at radius 1 is 0.852 bits per heavy atom. The standard InChI is InChI=1S/C22H14F2N2O/c23-16-12-10-15(19(24)14-16)11-13-21-25-20-9-5-4-8-18(20)22(27)26(21)17-6-2-1-3-7-17/h1-14H/b13-11+. The predicted octanol–water partition coefficient (Wildman–Crippen LogP) is 4.83. The third-order valence-electron chi connectivity index (χ3n) is 4.19. The van der Waals surface area contributed by atoms with Crippen LogP contribution in [0, 0.1) is 11.6 Å². The second-order valence-corrected chi connectivity index (χ2v) is 5.96. The summed E-state index contributed by atoms with van der Waals surface area (Å²) in [4.78, 5) is 17.6. The van der Waals surface area contributed by atoms with E-state index in [1.54, 1.807) is 42.5 Å². The van der Waals surface area contributed by atoms with Crippen molar-refractivity contribution < 1.29 is 8.78 Å². The first-order valence-corrected chi connectivity index (χ1v) is 8.34. The van der Waals surface area contributed by atoms with E-state index in [1.807, 2.05) is 18.2 Å². The number of hydrogen-bond acceptors (Lipinski definition) is 2. The van der Waals surface area contributed by atoms with Crippen LogP contribution in [0.15, 0.2) is 77.6 Å². The average molecular weight is 360 g/mol. The van der Waals surface area contributed by atoms with Gasteiger partial charge in [-0.25, -0.2) is 13.8 Å². The Kier molecular flexibility index (Phi) is 4.34. The summed E-state index contributed by atoms with van der Waals surface area (Å²) >= 11 is 0. The van der Waals surface area contributed by atoms with Gasteiger partial charge in [0.1, 0.15) is 17.5 Å². The van der Waals surface area contributed by atoms with Gasteiger partial charge >= 0.3 is 0 Å². The second-order valence-electron chi connectivity index (χ2n) is 5.96. The first kappa shape index (κ1) is 16.8. The van der Waals surface area contributed by atoms with Crippen molar-refractivity contribution in [2.24, 2.45) is 0 Å². The molecule has 0 aliphatic rings. The van der Waals surface area contributed by atoms with E-state index in [9.17, 15) is 13.6 Å². The summed E-state index contributed by atoms with van der Waals surface area (Å²) < 4.78 is 28.5. The molecular weight excluding hydrogens is 346 g/mol. The van der Waals surface area contributed by atoms with Gasteiger partial charge in [0, 0.05) is 11.6 Å². The fourth-order valence-electron chi connectivity index (χ4n) is 2.89. The molecule has 3 aromatic carbocycles. The molecule has 0 aliphatic heterocycles. The molecule has 132 valence electrons. The highest BCUT2D eigenvalue weighted by molar-refractivity contribution is 5.80. The predicted molar refractivity (Wildman–Crippen MR) is 103 cm³/mol. The molecule has 4 aromatic rings. The molecule has 0 bridgehead atoms. The van der Waals surface area contributed by atoms with Gasteiger partial charge in [-0.15, -0.1) is 0 Å². The van der Waals surface area contributed by atoms with Crippen molar-refractivity contribution in [2.45, 2.75) is 0 Å². The van der Waals surface area contributed by atoms with Gasteiger partial charge in [-0.1, -0.05) is 30.3 Å². The van der Waals surface area contributed by atoms with Crippen molar-refractivity contribution in [1.82, 2.24) is 9.55 Å². The molecule has 0 fully saturated rings. The third-order valence-corrected chi connectivity index (χ3v) is 4.19. The lowest BCUT2D eigenvalue weighted by Crippen LogP contribution is -2.22. The van der Waals surface area contributed by atoms with E-state index in [4.69, 9.17) is 0 Å². The summed E-state index contributed by atoms with van der Waals surface area (Å²) in [6.07, 6.45) is 3.03. The van der Waals surface area contributed by atoms with Gasteiger partial charge in [-0.3, -0.25) is 9.36 Å². The van der Waals surface area contributed by atoms with Gasteiger partial charge in [0.15, 0.2) is 0 Å². The molecule has 5 heteroatoms. The zero-order chi connectivity index (χ0) is 18.8. The van der Waals surface area contributed by atoms with Crippen LogP contribution in [0.3, 0.4) is 0 Å². The summed E-state index contributed by atoms with van der Waals surface area (Å²) in [6, 6.07) is 19.5. The van der Waals surface area contributed by atoms with Gasteiger partial charge in [-0.05, 0) is 48.6 Å². The molecule has 0 saturated carbocycles. The lowest BCUT2D eigenvalue weighted by Gasteiger charge is -2.11. The highest BCUT2D eigenvalue weighted by Crippen LogP contribution is 2.17. The molecule has 0 unspecified atom stereocenters. The number of benzene rings is 3. The van der Waals surface area contributed by atoms with E-state index >= 15 is 0 Å². The Bertz CT molecular complexity index is 1210. The van der Waals surface area contributed by atoms with Crippen LogP contribution in [0.5, 0.6) is 0 Å². The molecule has 0 radical (unpaired) electrons. The number of hydrogen-bond donors (Lipinski definition) is 0. The largest absolute Gasteiger partial charge is 0.268 e. The lowest BCUT2D eigenvalue weighted by atomic mass is 10.2. The number of para-hydroxylation sites is 2. The highest BCUT2D eigenvalue weighted by Gasteiger charge is 2.11. The van der Waals surface area contributed by atoms with Crippen LogP contribution in [0.1, 0.15) is 11.4 Å². The van der Waals surface area contributed by atoms with Crippen LogP contribution in [-0.4, -0.2) is 9.55 Å². The molecule has 0 atom stereocenters. The Balaban J connectivity index is 1.93. The number of halogens is 2. The summed E-state index contributed by atoms with van der Waals surface area (Å²) in [6.45, 7) is 0. The molecule has 0 amide bonds. The highest BCUT2D eigenvalue weighted by atomic mass is 19.1. The monoisotopic (exact) mass is 360 g/mol. The quantitative estimate of drug-likeness (QED) is 0.524. The fourth-order valence-corrected chi connectivity index (χ4v) is 2.89. The fraction of sp³-hybridized carbons (Fsp3) is 0. The van der Waals surface area contributed by atoms with Crippen LogP contribution in [-0.2, 0) is 0 Å². The van der Waals surface area contributed by atoms with Gasteiger partial charge in [0.25, 0.3) is 5.56 Å². The molecule has 1 heterocycles. The molecular formula is C22H14F2N2O. The van der Waals surface area contributed by atoms with E-state index in [1.165, 1.54) is 22.8 Å². The maximum Gasteiger partial charge on any atom is 0.266 e. The van der Waals surface area contributed by atoms with Crippen molar-refractivity contribution in [3.05, 3.63) is 106 Å². The van der Waals surface area contributed by atoms with E-state index in [0.717, 1.165) is 6.07 Å². The maximum absolute atomic E-state index is 13.9. The minimum absolute atomic E-state index is 0.207. The third kappa shape index (κ3) is 3.27. The Morgan fingerprint density at radius 2 is 1.59 bits per heavy atom. The number of nitrogens with zero attached hydrogens (tertiary/aromatic N) is 2. The van der Waals surface area contributed by atoms with E-state index in [0.29, 0.717) is 22.4 Å².